The summed E-state index contributed by atoms with van der Waals surface area (Å²) in [6.45, 7) is 4.16. The van der Waals surface area contributed by atoms with Gasteiger partial charge >= 0.3 is 30.1 Å². The summed E-state index contributed by atoms with van der Waals surface area (Å²) in [4.78, 5) is 51.8. The van der Waals surface area contributed by atoms with Crippen molar-refractivity contribution in [2.24, 2.45) is 23.2 Å². The van der Waals surface area contributed by atoms with Gasteiger partial charge in [0.15, 0.2) is 0 Å². The number of fused-ring (bicyclic) bond motifs is 3. The number of methoxy groups -OCH3 is 1. The highest BCUT2D eigenvalue weighted by Crippen LogP contribution is 2.61. The highest BCUT2D eigenvalue weighted by molar-refractivity contribution is 5.83. The third-order valence-electron chi connectivity index (χ3n) is 9.60. The molecule has 45 heavy (non-hydrogen) atoms. The molecule has 13 heteroatoms. The van der Waals surface area contributed by atoms with Crippen molar-refractivity contribution in [1.82, 2.24) is 0 Å². The van der Waals surface area contributed by atoms with E-state index in [1.165, 1.54) is 37.6 Å². The van der Waals surface area contributed by atoms with E-state index in [4.69, 9.17) is 28.1 Å². The van der Waals surface area contributed by atoms with Gasteiger partial charge in [-0.15, -0.1) is 0 Å². The number of carbonyl (C=O) groups excluding carboxylic acids is 4. The Morgan fingerprint density at radius 3 is 2.22 bits per heavy atom. The van der Waals surface area contributed by atoms with Gasteiger partial charge in [-0.2, -0.15) is 13.2 Å². The fourth-order valence-corrected chi connectivity index (χ4v) is 7.78. The molecule has 3 fully saturated rings. The van der Waals surface area contributed by atoms with E-state index in [-0.39, 0.29) is 25.7 Å². The van der Waals surface area contributed by atoms with Gasteiger partial charge in [0.25, 0.3) is 5.60 Å². The predicted molar refractivity (Wildman–Crippen MR) is 147 cm³/mol. The van der Waals surface area contributed by atoms with Gasteiger partial charge in [-0.25, -0.2) is 4.79 Å². The summed E-state index contributed by atoms with van der Waals surface area (Å²) in [6.07, 6.45) is -6.04. The molecule has 3 aliphatic rings. The fraction of sp³-hybridized carbons (Fsp3) is 0.562. The minimum atomic E-state index is -5.21. The molecule has 10 nitrogen and oxygen atoms in total. The molecule has 2 aliphatic carbocycles. The van der Waals surface area contributed by atoms with Crippen LogP contribution in [0.3, 0.4) is 0 Å². The molecule has 0 amide bonds. The van der Waals surface area contributed by atoms with Crippen molar-refractivity contribution < 1.29 is 60.5 Å². The minimum Gasteiger partial charge on any atom is -0.472 e. The first-order valence-corrected chi connectivity index (χ1v) is 14.7. The summed E-state index contributed by atoms with van der Waals surface area (Å²) in [7, 11) is 0.777. The average Bonchev–Trinajstić information content (AvgIpc) is 3.50. The maximum Gasteiger partial charge on any atom is 0.432 e. The van der Waals surface area contributed by atoms with Crippen LogP contribution in [0.4, 0.5) is 13.2 Å². The summed E-state index contributed by atoms with van der Waals surface area (Å²) in [5, 5.41) is 0. The Kier molecular flexibility index (Phi) is 8.78. The van der Waals surface area contributed by atoms with E-state index in [0.717, 1.165) is 26.2 Å². The van der Waals surface area contributed by atoms with E-state index in [2.05, 4.69) is 0 Å². The first kappa shape index (κ1) is 32.5. The normalized spacial score (nSPS) is 32.6. The van der Waals surface area contributed by atoms with E-state index in [1.54, 1.807) is 6.07 Å². The third-order valence-corrected chi connectivity index (χ3v) is 9.60. The fourth-order valence-electron chi connectivity index (χ4n) is 7.78. The SMILES string of the molecule is CO[C@](C(=O)O[C@@H]1C[C@H](OC(C)=O)[C@H](OC(C)=O)[C@@H]2[C@@H]1CC[C@H]1C(=O)O[C@H](c3ccoc3)C[C@@]21C)(c1ccccc1)C(F)(F)F. The lowest BCUT2D eigenvalue weighted by Crippen LogP contribution is -2.64. The monoisotopic (exact) mass is 636 g/mol. The summed E-state index contributed by atoms with van der Waals surface area (Å²) in [5.41, 5.74) is -4.30. The number of hydrogen-bond acceptors (Lipinski definition) is 10. The average molecular weight is 637 g/mol. The van der Waals surface area contributed by atoms with Crippen LogP contribution in [0.1, 0.15) is 63.7 Å². The van der Waals surface area contributed by atoms with Crippen molar-refractivity contribution in [3.05, 3.63) is 60.1 Å². The van der Waals surface area contributed by atoms with E-state index < -0.39 is 88.8 Å². The zero-order valence-corrected chi connectivity index (χ0v) is 25.2. The molecular formula is C32H35F3O10. The molecule has 1 saturated heterocycles. The summed E-state index contributed by atoms with van der Waals surface area (Å²) in [5.74, 6) is -5.72. The Morgan fingerprint density at radius 1 is 0.956 bits per heavy atom. The first-order chi connectivity index (χ1) is 21.2. The first-order valence-electron chi connectivity index (χ1n) is 14.7. The zero-order valence-electron chi connectivity index (χ0n) is 25.2. The quantitative estimate of drug-likeness (QED) is 0.296. The predicted octanol–water partition coefficient (Wildman–Crippen LogP) is 5.20. The summed E-state index contributed by atoms with van der Waals surface area (Å²) < 4.78 is 77.3. The molecule has 5 rings (SSSR count). The van der Waals surface area contributed by atoms with Crippen LogP contribution in [0.5, 0.6) is 0 Å². The van der Waals surface area contributed by atoms with E-state index >= 15 is 0 Å². The largest absolute Gasteiger partial charge is 0.472 e. The molecule has 0 radical (unpaired) electrons. The van der Waals surface area contributed by atoms with Crippen LogP contribution in [0.25, 0.3) is 0 Å². The van der Waals surface area contributed by atoms with Crippen molar-refractivity contribution in [3.63, 3.8) is 0 Å². The van der Waals surface area contributed by atoms with Crippen LogP contribution in [0, 0.1) is 23.2 Å². The zero-order chi connectivity index (χ0) is 32.7. The van der Waals surface area contributed by atoms with Gasteiger partial charge in [-0.05, 0) is 30.7 Å². The van der Waals surface area contributed by atoms with Gasteiger partial charge in [-0.1, -0.05) is 37.3 Å². The number of benzene rings is 1. The number of halogens is 3. The van der Waals surface area contributed by atoms with Crippen LogP contribution in [-0.4, -0.2) is 55.5 Å². The number of hydrogen-bond donors (Lipinski definition) is 0. The number of cyclic esters (lactones) is 1. The van der Waals surface area contributed by atoms with E-state index in [0.29, 0.717) is 5.56 Å². The van der Waals surface area contributed by atoms with Crippen LogP contribution in [0.2, 0.25) is 0 Å². The molecule has 1 aliphatic heterocycles. The Morgan fingerprint density at radius 2 is 1.64 bits per heavy atom. The van der Waals surface area contributed by atoms with Crippen LogP contribution in [-0.2, 0) is 48.5 Å². The van der Waals surface area contributed by atoms with Crippen LogP contribution >= 0.6 is 0 Å². The summed E-state index contributed by atoms with van der Waals surface area (Å²) in [6, 6.07) is 8.09. The highest BCUT2D eigenvalue weighted by atomic mass is 19.4. The van der Waals surface area contributed by atoms with Crippen LogP contribution in [0.15, 0.2) is 53.3 Å². The van der Waals surface area contributed by atoms with Crippen molar-refractivity contribution in [2.45, 2.75) is 82.6 Å². The number of rotatable bonds is 7. The molecule has 2 aromatic rings. The molecule has 1 aromatic carbocycles. The van der Waals surface area contributed by atoms with Gasteiger partial charge in [0, 0.05) is 50.3 Å². The smallest absolute Gasteiger partial charge is 0.432 e. The molecule has 0 bridgehead atoms. The maximum atomic E-state index is 14.7. The lowest BCUT2D eigenvalue weighted by atomic mass is 9.49. The molecule has 1 aromatic heterocycles. The van der Waals surface area contributed by atoms with Crippen molar-refractivity contribution >= 4 is 23.9 Å². The van der Waals surface area contributed by atoms with Crippen molar-refractivity contribution in [3.8, 4) is 0 Å². The second kappa shape index (κ2) is 12.1. The van der Waals surface area contributed by atoms with Gasteiger partial charge in [0.1, 0.15) is 24.4 Å². The highest BCUT2D eigenvalue weighted by Gasteiger charge is 2.67. The molecule has 0 spiro atoms. The second-order valence-electron chi connectivity index (χ2n) is 12.2. The number of carbonyl (C=O) groups is 4. The number of ether oxygens (including phenoxy) is 5. The molecule has 2 heterocycles. The standard InChI is InChI=1S/C32H35F3O10/c1-17(36)42-24-14-23(45-29(39)31(40-4,32(33,34)35)20-8-6-5-7-9-20)21-10-11-22-28(38)44-25(19-12-13-41-16-19)15-30(22,3)26(21)27(24)43-18(2)37/h5-9,12-13,16,21-27H,10-11,14-15H2,1-4H3/t21-,22+,23-,24+,25+,26+,27+,30-,31+/m1/s1. The lowest BCUT2D eigenvalue weighted by molar-refractivity contribution is -0.284. The summed E-state index contributed by atoms with van der Waals surface area (Å²) >= 11 is 0. The van der Waals surface area contributed by atoms with E-state index in [1.807, 2.05) is 6.92 Å². The minimum absolute atomic E-state index is 0.232. The molecule has 0 unspecified atom stereocenters. The van der Waals surface area contributed by atoms with Crippen molar-refractivity contribution in [1.29, 1.82) is 0 Å². The van der Waals surface area contributed by atoms with Gasteiger partial charge in [-0.3, -0.25) is 14.4 Å². The van der Waals surface area contributed by atoms with E-state index in [9.17, 15) is 32.3 Å². The second-order valence-corrected chi connectivity index (χ2v) is 12.2. The molecule has 244 valence electrons. The number of furan rings is 1. The number of esters is 4. The van der Waals surface area contributed by atoms with Gasteiger partial charge in [0.2, 0.25) is 0 Å². The molecule has 0 N–H and O–H groups in total. The Bertz CT molecular complexity index is 1410. The Balaban J connectivity index is 1.59. The molecule has 2 saturated carbocycles. The van der Waals surface area contributed by atoms with Gasteiger partial charge in [0.05, 0.1) is 18.4 Å². The Hall–Kier alpha value is -3.87. The molecular weight excluding hydrogens is 601 g/mol. The Labute approximate surface area is 257 Å². The lowest BCUT2D eigenvalue weighted by Gasteiger charge is -2.59. The topological polar surface area (TPSA) is 128 Å². The number of alkyl halides is 3. The van der Waals surface area contributed by atoms with Crippen molar-refractivity contribution in [2.75, 3.05) is 7.11 Å². The maximum absolute atomic E-state index is 14.7. The van der Waals surface area contributed by atoms with Crippen LogP contribution < -0.4 is 0 Å². The third kappa shape index (κ3) is 5.70. The van der Waals surface area contributed by atoms with Gasteiger partial charge < -0.3 is 28.1 Å². The molecule has 9 atom stereocenters.